The molecule has 0 saturated heterocycles. The van der Waals surface area contributed by atoms with Crippen molar-refractivity contribution in [2.45, 2.75) is 0 Å². The van der Waals surface area contributed by atoms with Crippen molar-refractivity contribution in [1.82, 2.24) is 0 Å². The second kappa shape index (κ2) is 7.34. The van der Waals surface area contributed by atoms with Crippen LogP contribution in [0.3, 0.4) is 0 Å². The molecule has 2 rings (SSSR count). The Bertz CT molecular complexity index is 690. The number of urea groups is 1. The van der Waals surface area contributed by atoms with E-state index >= 15 is 0 Å². The Morgan fingerprint density at radius 2 is 1.90 bits per heavy atom. The topological polar surface area (TPSA) is 67.1 Å². The van der Waals surface area contributed by atoms with Gasteiger partial charge in [-0.05, 0) is 30.3 Å². The molecule has 0 fully saturated rings. The normalized spacial score (nSPS) is 9.43. The number of amides is 2. The Morgan fingerprint density at radius 3 is 2.62 bits per heavy atom. The van der Waals surface area contributed by atoms with Crippen LogP contribution in [0.5, 0.6) is 0 Å². The number of carbonyl (C=O) groups excluding carboxylic acids is 1. The number of nitrogens with one attached hydrogen (secondary N) is 2. The van der Waals surface area contributed by atoms with E-state index in [-0.39, 0.29) is 12.6 Å². The number of benzene rings is 2. The summed E-state index contributed by atoms with van der Waals surface area (Å²) in [5.41, 5.74) is 7.27. The van der Waals surface area contributed by atoms with Crippen molar-refractivity contribution < 1.29 is 4.79 Å². The van der Waals surface area contributed by atoms with Crippen LogP contribution >= 0.6 is 11.6 Å². The summed E-state index contributed by atoms with van der Waals surface area (Å²) < 4.78 is 0. The van der Waals surface area contributed by atoms with Gasteiger partial charge in [-0.25, -0.2) is 4.79 Å². The third-order valence-electron chi connectivity index (χ3n) is 2.59. The number of anilines is 2. The maximum Gasteiger partial charge on any atom is 0.323 e. The van der Waals surface area contributed by atoms with E-state index in [1.165, 1.54) is 0 Å². The van der Waals surface area contributed by atoms with Crippen LogP contribution in [0.15, 0.2) is 48.5 Å². The number of nitrogens with two attached hydrogens (primary N) is 1. The fourth-order valence-electron chi connectivity index (χ4n) is 1.68. The molecule has 0 aromatic heterocycles. The van der Waals surface area contributed by atoms with Crippen LogP contribution in [0.1, 0.15) is 5.56 Å². The molecular formula is C16H14ClN3O. The van der Waals surface area contributed by atoms with Crippen molar-refractivity contribution in [3.05, 3.63) is 59.1 Å². The van der Waals surface area contributed by atoms with Gasteiger partial charge in [-0.3, -0.25) is 0 Å². The summed E-state index contributed by atoms with van der Waals surface area (Å²) in [6, 6.07) is 13.9. The zero-order valence-electron chi connectivity index (χ0n) is 11.2. The van der Waals surface area contributed by atoms with Gasteiger partial charge in [-0.15, -0.1) is 0 Å². The third kappa shape index (κ3) is 4.53. The van der Waals surface area contributed by atoms with Crippen LogP contribution in [0.2, 0.25) is 5.02 Å². The predicted molar refractivity (Wildman–Crippen MR) is 86.5 cm³/mol. The van der Waals surface area contributed by atoms with Crippen LogP contribution in [0.25, 0.3) is 0 Å². The molecule has 0 aliphatic heterocycles. The summed E-state index contributed by atoms with van der Waals surface area (Å²) in [7, 11) is 0. The average Bonchev–Trinajstić information content (AvgIpc) is 2.48. The molecule has 21 heavy (non-hydrogen) atoms. The predicted octanol–water partition coefficient (Wildman–Crippen LogP) is 3.29. The molecule has 5 heteroatoms. The van der Waals surface area contributed by atoms with E-state index in [2.05, 4.69) is 22.5 Å². The SMILES string of the molecule is NCC#Cc1cc(Cl)ccc1NC(=O)Nc1ccccc1. The molecule has 0 radical (unpaired) electrons. The zero-order valence-corrected chi connectivity index (χ0v) is 11.9. The van der Waals surface area contributed by atoms with E-state index in [9.17, 15) is 4.79 Å². The van der Waals surface area contributed by atoms with Gasteiger partial charge in [0.15, 0.2) is 0 Å². The van der Waals surface area contributed by atoms with Crippen molar-refractivity contribution in [2.24, 2.45) is 5.73 Å². The second-order valence-corrected chi connectivity index (χ2v) is 4.58. The van der Waals surface area contributed by atoms with E-state index in [0.717, 1.165) is 0 Å². The van der Waals surface area contributed by atoms with Gasteiger partial charge in [0.25, 0.3) is 0 Å². The van der Waals surface area contributed by atoms with Gasteiger partial charge in [0.2, 0.25) is 0 Å². The number of hydrogen-bond donors (Lipinski definition) is 3. The van der Waals surface area contributed by atoms with Gasteiger partial charge in [0.05, 0.1) is 12.2 Å². The third-order valence-corrected chi connectivity index (χ3v) is 2.82. The van der Waals surface area contributed by atoms with Gasteiger partial charge in [-0.2, -0.15) is 0 Å². The van der Waals surface area contributed by atoms with E-state index in [1.54, 1.807) is 30.3 Å². The minimum absolute atomic E-state index is 0.238. The molecule has 2 aromatic carbocycles. The molecule has 4 nitrogen and oxygen atoms in total. The van der Waals surface area contributed by atoms with Gasteiger partial charge in [0.1, 0.15) is 0 Å². The first-order chi connectivity index (χ1) is 10.2. The van der Waals surface area contributed by atoms with Crippen LogP contribution in [0.4, 0.5) is 16.2 Å². The first kappa shape index (κ1) is 14.9. The van der Waals surface area contributed by atoms with Gasteiger partial charge in [0, 0.05) is 16.3 Å². The quantitative estimate of drug-likeness (QED) is 0.745. The number of halogens is 1. The maximum atomic E-state index is 12.0. The van der Waals surface area contributed by atoms with Crippen LogP contribution in [-0.4, -0.2) is 12.6 Å². The first-order valence-corrected chi connectivity index (χ1v) is 6.68. The summed E-state index contributed by atoms with van der Waals surface area (Å²) in [6.45, 7) is 0.238. The smallest absolute Gasteiger partial charge is 0.320 e. The van der Waals surface area contributed by atoms with Gasteiger partial charge in [-0.1, -0.05) is 41.6 Å². The van der Waals surface area contributed by atoms with Crippen molar-refractivity contribution in [2.75, 3.05) is 17.2 Å². The highest BCUT2D eigenvalue weighted by Crippen LogP contribution is 2.20. The van der Waals surface area contributed by atoms with Crippen molar-refractivity contribution in [3.63, 3.8) is 0 Å². The molecule has 0 spiro atoms. The Balaban J connectivity index is 2.13. The van der Waals surface area contributed by atoms with E-state index in [4.69, 9.17) is 17.3 Å². The van der Waals surface area contributed by atoms with E-state index < -0.39 is 0 Å². The molecule has 2 aromatic rings. The number of carbonyl (C=O) groups is 1. The standard InChI is InChI=1S/C16H14ClN3O/c17-13-8-9-15(12(11-13)5-4-10-18)20-16(21)19-14-6-2-1-3-7-14/h1-3,6-9,11H,10,18H2,(H2,19,20,21). The summed E-state index contributed by atoms with van der Waals surface area (Å²) in [5.74, 6) is 5.62. The lowest BCUT2D eigenvalue weighted by Gasteiger charge is -2.09. The van der Waals surface area contributed by atoms with Crippen molar-refractivity contribution >= 4 is 29.0 Å². The highest BCUT2D eigenvalue weighted by Gasteiger charge is 2.06. The summed E-state index contributed by atoms with van der Waals surface area (Å²) >= 11 is 5.93. The van der Waals surface area contributed by atoms with E-state index in [1.807, 2.05) is 18.2 Å². The molecule has 2 amide bonds. The first-order valence-electron chi connectivity index (χ1n) is 6.30. The summed E-state index contributed by atoms with van der Waals surface area (Å²) in [4.78, 5) is 12.0. The molecule has 4 N–H and O–H groups in total. The van der Waals surface area contributed by atoms with Crippen molar-refractivity contribution in [3.8, 4) is 11.8 Å². The largest absolute Gasteiger partial charge is 0.323 e. The highest BCUT2D eigenvalue weighted by molar-refractivity contribution is 6.30. The highest BCUT2D eigenvalue weighted by atomic mass is 35.5. The summed E-state index contributed by atoms with van der Waals surface area (Å²) in [6.07, 6.45) is 0. The molecule has 0 heterocycles. The van der Waals surface area contributed by atoms with Crippen LogP contribution in [0, 0.1) is 11.8 Å². The van der Waals surface area contributed by atoms with Crippen molar-refractivity contribution in [1.29, 1.82) is 0 Å². The Hall–Kier alpha value is -2.48. The zero-order chi connectivity index (χ0) is 15.1. The molecule has 0 aliphatic rings. The summed E-state index contributed by atoms with van der Waals surface area (Å²) in [5, 5.41) is 6.02. The maximum absolute atomic E-state index is 12.0. The monoisotopic (exact) mass is 299 g/mol. The average molecular weight is 300 g/mol. The number of para-hydroxylation sites is 1. The molecule has 0 saturated carbocycles. The fraction of sp³-hybridized carbons (Fsp3) is 0.0625. The minimum atomic E-state index is -0.348. The molecular weight excluding hydrogens is 286 g/mol. The van der Waals surface area contributed by atoms with Gasteiger partial charge < -0.3 is 16.4 Å². The fourth-order valence-corrected chi connectivity index (χ4v) is 1.85. The lowest BCUT2D eigenvalue weighted by molar-refractivity contribution is 0.262. The number of rotatable bonds is 2. The molecule has 106 valence electrons. The van der Waals surface area contributed by atoms with E-state index in [0.29, 0.717) is 22.0 Å². The molecule has 0 bridgehead atoms. The Morgan fingerprint density at radius 1 is 1.14 bits per heavy atom. The molecule has 0 unspecified atom stereocenters. The lowest BCUT2D eigenvalue weighted by atomic mass is 10.2. The van der Waals surface area contributed by atoms with Gasteiger partial charge >= 0.3 is 6.03 Å². The lowest BCUT2D eigenvalue weighted by Crippen LogP contribution is -2.19. The molecule has 0 aliphatic carbocycles. The van der Waals surface area contributed by atoms with Crippen LogP contribution < -0.4 is 16.4 Å². The minimum Gasteiger partial charge on any atom is -0.320 e. The second-order valence-electron chi connectivity index (χ2n) is 4.14. The number of hydrogen-bond acceptors (Lipinski definition) is 2. The van der Waals surface area contributed by atoms with Crippen LogP contribution in [-0.2, 0) is 0 Å². The molecule has 0 atom stereocenters. The Kier molecular flexibility index (Phi) is 5.22. The Labute approximate surface area is 128 Å².